The molecule has 0 unspecified atom stereocenters. The van der Waals surface area contributed by atoms with E-state index in [-0.39, 0.29) is 18.1 Å². The van der Waals surface area contributed by atoms with Gasteiger partial charge in [0.2, 0.25) is 5.91 Å². The number of rotatable bonds is 3. The Labute approximate surface area is 109 Å². The monoisotopic (exact) mass is 273 g/mol. The predicted molar refractivity (Wildman–Crippen MR) is 67.2 cm³/mol. The number of aromatic nitrogens is 2. The Morgan fingerprint density at radius 1 is 1.59 bits per heavy atom. The van der Waals surface area contributed by atoms with Crippen LogP contribution in [0.2, 0.25) is 0 Å². The number of morpholine rings is 1. The van der Waals surface area contributed by atoms with Gasteiger partial charge in [0.1, 0.15) is 5.51 Å². The van der Waals surface area contributed by atoms with Gasteiger partial charge in [0.25, 0.3) is 0 Å². The fourth-order valence-corrected chi connectivity index (χ4v) is 3.21. The number of carbonyl (C=O) groups is 1. The number of hydrogen-bond donors (Lipinski definition) is 0. The average Bonchev–Trinajstić information content (AvgIpc) is 2.77. The molecule has 0 aromatic carbocycles. The molecular weight excluding hydrogens is 258 g/mol. The molecule has 5 nitrogen and oxygen atoms in total. The number of amides is 1. The first-order valence-corrected chi connectivity index (χ1v) is 7.34. The fourth-order valence-electron chi connectivity index (χ4n) is 1.82. The normalized spacial score (nSPS) is 24.9. The second-order valence-corrected chi connectivity index (χ2v) is 6.11. The summed E-state index contributed by atoms with van der Waals surface area (Å²) in [7, 11) is 0. The van der Waals surface area contributed by atoms with Gasteiger partial charge in [-0.25, -0.2) is 0 Å². The van der Waals surface area contributed by atoms with Gasteiger partial charge in [-0.15, -0.1) is 10.2 Å². The first-order valence-electron chi connectivity index (χ1n) is 5.47. The highest BCUT2D eigenvalue weighted by atomic mass is 32.2. The molecule has 1 fully saturated rings. The molecule has 7 heteroatoms. The van der Waals surface area contributed by atoms with Crippen molar-refractivity contribution >= 4 is 29.0 Å². The molecule has 0 N–H and O–H groups in total. The lowest BCUT2D eigenvalue weighted by atomic mass is 10.2. The summed E-state index contributed by atoms with van der Waals surface area (Å²) in [4.78, 5) is 13.9. The van der Waals surface area contributed by atoms with Crippen LogP contribution < -0.4 is 0 Å². The zero-order valence-electron chi connectivity index (χ0n) is 9.83. The van der Waals surface area contributed by atoms with E-state index in [1.165, 1.54) is 23.1 Å². The van der Waals surface area contributed by atoms with Gasteiger partial charge in [-0.05, 0) is 13.8 Å². The highest BCUT2D eigenvalue weighted by Crippen LogP contribution is 2.20. The van der Waals surface area contributed by atoms with E-state index in [0.29, 0.717) is 18.8 Å². The second-order valence-electron chi connectivity index (χ2n) is 4.05. The van der Waals surface area contributed by atoms with E-state index in [1.54, 1.807) is 5.51 Å². The van der Waals surface area contributed by atoms with E-state index in [2.05, 4.69) is 10.2 Å². The summed E-state index contributed by atoms with van der Waals surface area (Å²) in [6, 6.07) is 0. The third-order valence-electron chi connectivity index (χ3n) is 2.43. The van der Waals surface area contributed by atoms with Gasteiger partial charge in [-0.3, -0.25) is 4.79 Å². The summed E-state index contributed by atoms with van der Waals surface area (Å²) >= 11 is 2.90. The molecule has 1 aromatic heterocycles. The highest BCUT2D eigenvalue weighted by molar-refractivity contribution is 8.01. The van der Waals surface area contributed by atoms with Gasteiger partial charge in [0.05, 0.1) is 18.0 Å². The van der Waals surface area contributed by atoms with Gasteiger partial charge in [0.15, 0.2) is 4.34 Å². The van der Waals surface area contributed by atoms with Gasteiger partial charge in [-0.1, -0.05) is 23.1 Å². The summed E-state index contributed by atoms with van der Waals surface area (Å²) in [6.07, 6.45) is 0.239. The molecule has 17 heavy (non-hydrogen) atoms. The first-order chi connectivity index (χ1) is 8.15. The smallest absolute Gasteiger partial charge is 0.233 e. The minimum atomic E-state index is 0.120. The van der Waals surface area contributed by atoms with Crippen LogP contribution in [0.4, 0.5) is 0 Å². The van der Waals surface area contributed by atoms with Crippen molar-refractivity contribution in [1.82, 2.24) is 15.1 Å². The first kappa shape index (κ1) is 12.8. The van der Waals surface area contributed by atoms with Gasteiger partial charge >= 0.3 is 0 Å². The van der Waals surface area contributed by atoms with Crippen molar-refractivity contribution < 1.29 is 9.53 Å². The SMILES string of the molecule is C[C@@H]1CN(C(=O)CSc2nncs2)C[C@@H](C)O1. The maximum Gasteiger partial charge on any atom is 0.233 e. The van der Waals surface area contributed by atoms with Crippen molar-refractivity contribution in [3.8, 4) is 0 Å². The molecule has 1 saturated heterocycles. The van der Waals surface area contributed by atoms with Crippen molar-refractivity contribution in [2.45, 2.75) is 30.4 Å². The molecular formula is C10H15N3O2S2. The molecule has 1 aliphatic heterocycles. The zero-order chi connectivity index (χ0) is 12.3. The number of carbonyl (C=O) groups excluding carboxylic acids is 1. The van der Waals surface area contributed by atoms with Crippen LogP contribution >= 0.6 is 23.1 Å². The summed E-state index contributed by atoms with van der Waals surface area (Å²) in [5.74, 6) is 0.571. The van der Waals surface area contributed by atoms with E-state index >= 15 is 0 Å². The molecule has 2 atom stereocenters. The van der Waals surface area contributed by atoms with Crippen LogP contribution in [0.15, 0.2) is 9.85 Å². The summed E-state index contributed by atoms with van der Waals surface area (Å²) in [5, 5.41) is 7.64. The third-order valence-corrected chi connectivity index (χ3v) is 4.28. The quantitative estimate of drug-likeness (QED) is 0.776. The summed E-state index contributed by atoms with van der Waals surface area (Å²) < 4.78 is 6.44. The topological polar surface area (TPSA) is 55.3 Å². The molecule has 0 aliphatic carbocycles. The van der Waals surface area contributed by atoms with Crippen LogP contribution in [-0.2, 0) is 9.53 Å². The van der Waals surface area contributed by atoms with Crippen LogP contribution in [0.5, 0.6) is 0 Å². The van der Waals surface area contributed by atoms with E-state index in [9.17, 15) is 4.79 Å². The van der Waals surface area contributed by atoms with Crippen LogP contribution in [0.25, 0.3) is 0 Å². The van der Waals surface area contributed by atoms with E-state index < -0.39 is 0 Å². The number of hydrogen-bond acceptors (Lipinski definition) is 6. The molecule has 94 valence electrons. The Morgan fingerprint density at radius 2 is 2.29 bits per heavy atom. The standard InChI is InChI=1S/C10H15N3O2S2/c1-7-3-13(4-8(2)15-7)9(14)5-16-10-12-11-6-17-10/h6-8H,3-5H2,1-2H3/t7-,8-/m1/s1. The number of ether oxygens (including phenoxy) is 1. The lowest BCUT2D eigenvalue weighted by molar-refractivity contribution is -0.140. The van der Waals surface area contributed by atoms with E-state index in [1.807, 2.05) is 18.7 Å². The van der Waals surface area contributed by atoms with Gasteiger partial charge < -0.3 is 9.64 Å². The molecule has 2 heterocycles. The lowest BCUT2D eigenvalue weighted by Crippen LogP contribution is -2.48. The zero-order valence-corrected chi connectivity index (χ0v) is 11.5. The Bertz CT molecular complexity index is 362. The fraction of sp³-hybridized carbons (Fsp3) is 0.700. The molecule has 1 amide bonds. The van der Waals surface area contributed by atoms with Crippen molar-refractivity contribution in [1.29, 1.82) is 0 Å². The van der Waals surface area contributed by atoms with Crippen LogP contribution in [0.3, 0.4) is 0 Å². The van der Waals surface area contributed by atoms with E-state index in [4.69, 9.17) is 4.74 Å². The minimum Gasteiger partial charge on any atom is -0.372 e. The largest absolute Gasteiger partial charge is 0.372 e. The Hall–Kier alpha value is -0.660. The molecule has 0 saturated carbocycles. The van der Waals surface area contributed by atoms with Crippen LogP contribution in [0, 0.1) is 0 Å². The van der Waals surface area contributed by atoms with Crippen LogP contribution in [-0.4, -0.2) is 52.1 Å². The summed E-state index contributed by atoms with van der Waals surface area (Å²) in [5.41, 5.74) is 1.67. The second kappa shape index (κ2) is 5.79. The highest BCUT2D eigenvalue weighted by Gasteiger charge is 2.25. The van der Waals surface area contributed by atoms with Crippen LogP contribution in [0.1, 0.15) is 13.8 Å². The predicted octanol–water partition coefficient (Wildman–Crippen LogP) is 1.27. The summed E-state index contributed by atoms with van der Waals surface area (Å²) in [6.45, 7) is 5.35. The molecule has 0 radical (unpaired) electrons. The van der Waals surface area contributed by atoms with Crippen molar-refractivity contribution in [3.05, 3.63) is 5.51 Å². The molecule has 1 aliphatic rings. The Balaban J connectivity index is 1.83. The van der Waals surface area contributed by atoms with Crippen molar-refractivity contribution in [2.24, 2.45) is 0 Å². The Morgan fingerprint density at radius 3 is 2.88 bits per heavy atom. The number of nitrogens with zero attached hydrogens (tertiary/aromatic N) is 3. The van der Waals surface area contributed by atoms with Crippen molar-refractivity contribution in [3.63, 3.8) is 0 Å². The maximum absolute atomic E-state index is 12.0. The minimum absolute atomic E-state index is 0.120. The average molecular weight is 273 g/mol. The molecule has 1 aromatic rings. The third kappa shape index (κ3) is 3.65. The van der Waals surface area contributed by atoms with Crippen molar-refractivity contribution in [2.75, 3.05) is 18.8 Å². The lowest BCUT2D eigenvalue weighted by Gasteiger charge is -2.35. The Kier molecular flexibility index (Phi) is 4.36. The van der Waals surface area contributed by atoms with Gasteiger partial charge in [-0.2, -0.15) is 0 Å². The van der Waals surface area contributed by atoms with E-state index in [0.717, 1.165) is 4.34 Å². The maximum atomic E-state index is 12.0. The number of thioether (sulfide) groups is 1. The molecule has 2 rings (SSSR count). The van der Waals surface area contributed by atoms with Gasteiger partial charge in [0, 0.05) is 13.1 Å². The molecule has 0 bridgehead atoms. The molecule has 0 spiro atoms.